The Balaban J connectivity index is 2.27. The van der Waals surface area contributed by atoms with E-state index in [1.54, 1.807) is 24.5 Å². The number of rotatable bonds is 1. The van der Waals surface area contributed by atoms with Crippen LogP contribution in [-0.2, 0) is 7.05 Å². The minimum Gasteiger partial charge on any atom is -0.327 e. The van der Waals surface area contributed by atoms with Crippen LogP contribution in [0.2, 0.25) is 0 Å². The van der Waals surface area contributed by atoms with Gasteiger partial charge in [-0.15, -0.1) is 0 Å². The Morgan fingerprint density at radius 2 is 1.94 bits per heavy atom. The summed E-state index contributed by atoms with van der Waals surface area (Å²) in [6, 6.07) is 11.5. The molecule has 4 heteroatoms. The van der Waals surface area contributed by atoms with Gasteiger partial charge in [-0.2, -0.15) is 5.26 Å². The Labute approximate surface area is 104 Å². The van der Waals surface area contributed by atoms with Crippen molar-refractivity contribution in [2.24, 2.45) is 7.05 Å². The molecule has 2 heterocycles. The molecule has 3 rings (SSSR count). The second-order valence-corrected chi connectivity index (χ2v) is 4.05. The van der Waals surface area contributed by atoms with Crippen LogP contribution < -0.4 is 0 Å². The summed E-state index contributed by atoms with van der Waals surface area (Å²) in [6.07, 6.45) is 3.49. The van der Waals surface area contributed by atoms with Crippen molar-refractivity contribution in [2.75, 3.05) is 0 Å². The molecule has 0 spiro atoms. The van der Waals surface area contributed by atoms with Gasteiger partial charge in [0.1, 0.15) is 5.82 Å². The van der Waals surface area contributed by atoms with Crippen LogP contribution in [0.1, 0.15) is 5.56 Å². The van der Waals surface area contributed by atoms with E-state index in [1.807, 2.05) is 29.8 Å². The number of aromatic nitrogens is 3. The highest BCUT2D eigenvalue weighted by molar-refractivity contribution is 5.81. The number of fused-ring (bicyclic) bond motifs is 1. The largest absolute Gasteiger partial charge is 0.327 e. The minimum atomic E-state index is 0.627. The maximum absolute atomic E-state index is 8.90. The fourth-order valence-electron chi connectivity index (χ4n) is 2.03. The lowest BCUT2D eigenvalue weighted by Crippen LogP contribution is -1.92. The molecule has 4 nitrogen and oxygen atoms in total. The number of hydrogen-bond donors (Lipinski definition) is 0. The summed E-state index contributed by atoms with van der Waals surface area (Å²) in [5, 5.41) is 8.90. The Kier molecular flexibility index (Phi) is 2.31. The van der Waals surface area contributed by atoms with E-state index in [0.717, 1.165) is 22.4 Å². The van der Waals surface area contributed by atoms with E-state index in [9.17, 15) is 0 Å². The molecular formula is C14H10N4. The van der Waals surface area contributed by atoms with Gasteiger partial charge in [-0.25, -0.2) is 4.98 Å². The standard InChI is InChI=1S/C14H10N4/c1-18-13-3-2-10(9-15)8-12(13)17-14(18)11-4-6-16-7-5-11/h2-8H,1H3. The van der Waals surface area contributed by atoms with Crippen LogP contribution in [0, 0.1) is 11.3 Å². The Morgan fingerprint density at radius 3 is 2.67 bits per heavy atom. The highest BCUT2D eigenvalue weighted by Crippen LogP contribution is 2.23. The lowest BCUT2D eigenvalue weighted by Gasteiger charge is -2.01. The van der Waals surface area contributed by atoms with E-state index in [-0.39, 0.29) is 0 Å². The zero-order valence-electron chi connectivity index (χ0n) is 9.83. The van der Waals surface area contributed by atoms with Crippen molar-refractivity contribution < 1.29 is 0 Å². The predicted molar refractivity (Wildman–Crippen MR) is 68.7 cm³/mol. The predicted octanol–water partition coefficient (Wildman–Crippen LogP) is 2.51. The number of imidazole rings is 1. The van der Waals surface area contributed by atoms with Crippen molar-refractivity contribution in [1.82, 2.24) is 14.5 Å². The number of aryl methyl sites for hydroxylation is 1. The normalized spacial score (nSPS) is 10.4. The average Bonchev–Trinajstić information content (AvgIpc) is 2.76. The number of pyridine rings is 1. The van der Waals surface area contributed by atoms with Gasteiger partial charge in [-0.3, -0.25) is 4.98 Å². The first-order valence-corrected chi connectivity index (χ1v) is 5.56. The molecule has 2 aromatic heterocycles. The second kappa shape index (κ2) is 3.97. The van der Waals surface area contributed by atoms with Gasteiger partial charge < -0.3 is 4.57 Å². The van der Waals surface area contributed by atoms with E-state index in [2.05, 4.69) is 16.0 Å². The van der Waals surface area contributed by atoms with Crippen molar-refractivity contribution in [3.05, 3.63) is 48.3 Å². The van der Waals surface area contributed by atoms with Crippen molar-refractivity contribution in [2.45, 2.75) is 0 Å². The highest BCUT2D eigenvalue weighted by atomic mass is 15.1. The molecule has 0 saturated heterocycles. The first-order valence-electron chi connectivity index (χ1n) is 5.56. The highest BCUT2D eigenvalue weighted by Gasteiger charge is 2.09. The van der Waals surface area contributed by atoms with Crippen LogP contribution in [-0.4, -0.2) is 14.5 Å². The van der Waals surface area contributed by atoms with Crippen molar-refractivity contribution in [3.8, 4) is 17.5 Å². The molecule has 0 atom stereocenters. The fraction of sp³-hybridized carbons (Fsp3) is 0.0714. The second-order valence-electron chi connectivity index (χ2n) is 4.05. The molecule has 0 radical (unpaired) electrons. The van der Waals surface area contributed by atoms with Gasteiger partial charge in [0.2, 0.25) is 0 Å². The third-order valence-electron chi connectivity index (χ3n) is 2.95. The van der Waals surface area contributed by atoms with Gasteiger partial charge >= 0.3 is 0 Å². The van der Waals surface area contributed by atoms with E-state index in [4.69, 9.17) is 5.26 Å². The molecule has 1 aromatic carbocycles. The number of hydrogen-bond acceptors (Lipinski definition) is 3. The third kappa shape index (κ3) is 1.54. The SMILES string of the molecule is Cn1c(-c2ccncc2)nc2cc(C#N)ccc21. The van der Waals surface area contributed by atoms with Crippen molar-refractivity contribution in [1.29, 1.82) is 5.26 Å². The summed E-state index contributed by atoms with van der Waals surface area (Å²) >= 11 is 0. The lowest BCUT2D eigenvalue weighted by atomic mass is 10.2. The van der Waals surface area contributed by atoms with E-state index in [1.165, 1.54) is 0 Å². The molecule has 86 valence electrons. The first-order chi connectivity index (χ1) is 8.79. The van der Waals surface area contributed by atoms with Crippen LogP contribution in [0.3, 0.4) is 0 Å². The fourth-order valence-corrected chi connectivity index (χ4v) is 2.03. The van der Waals surface area contributed by atoms with Crippen molar-refractivity contribution in [3.63, 3.8) is 0 Å². The molecule has 0 N–H and O–H groups in total. The average molecular weight is 234 g/mol. The molecule has 0 aliphatic heterocycles. The zero-order chi connectivity index (χ0) is 12.5. The summed E-state index contributed by atoms with van der Waals surface area (Å²) < 4.78 is 2.02. The van der Waals surface area contributed by atoms with Gasteiger partial charge in [-0.1, -0.05) is 0 Å². The van der Waals surface area contributed by atoms with E-state index >= 15 is 0 Å². The summed E-state index contributed by atoms with van der Waals surface area (Å²) in [7, 11) is 1.97. The monoisotopic (exact) mass is 234 g/mol. The van der Waals surface area contributed by atoms with Gasteiger partial charge in [0.25, 0.3) is 0 Å². The number of benzene rings is 1. The van der Waals surface area contributed by atoms with Crippen LogP contribution in [0.15, 0.2) is 42.7 Å². The third-order valence-corrected chi connectivity index (χ3v) is 2.95. The molecule has 0 bridgehead atoms. The number of nitrogens with zero attached hydrogens (tertiary/aromatic N) is 4. The minimum absolute atomic E-state index is 0.627. The number of nitriles is 1. The van der Waals surface area contributed by atoms with Gasteiger partial charge in [0.05, 0.1) is 22.7 Å². The van der Waals surface area contributed by atoms with Crippen molar-refractivity contribution >= 4 is 11.0 Å². The maximum Gasteiger partial charge on any atom is 0.140 e. The summed E-state index contributed by atoms with van der Waals surface area (Å²) in [4.78, 5) is 8.58. The lowest BCUT2D eigenvalue weighted by molar-refractivity contribution is 0.958. The summed E-state index contributed by atoms with van der Waals surface area (Å²) in [6.45, 7) is 0. The Hall–Kier alpha value is -2.67. The zero-order valence-corrected chi connectivity index (χ0v) is 9.83. The van der Waals surface area contributed by atoms with Crippen LogP contribution in [0.4, 0.5) is 0 Å². The Morgan fingerprint density at radius 1 is 1.17 bits per heavy atom. The summed E-state index contributed by atoms with van der Waals surface area (Å²) in [5.74, 6) is 0.877. The van der Waals surface area contributed by atoms with Crippen LogP contribution in [0.25, 0.3) is 22.4 Å². The Bertz CT molecular complexity index is 751. The van der Waals surface area contributed by atoms with E-state index in [0.29, 0.717) is 5.56 Å². The molecular weight excluding hydrogens is 224 g/mol. The van der Waals surface area contributed by atoms with Crippen LogP contribution >= 0.6 is 0 Å². The molecule has 0 fully saturated rings. The molecule has 0 unspecified atom stereocenters. The topological polar surface area (TPSA) is 54.5 Å². The molecule has 18 heavy (non-hydrogen) atoms. The smallest absolute Gasteiger partial charge is 0.140 e. The quantitative estimate of drug-likeness (QED) is 0.650. The molecule has 0 aliphatic rings. The van der Waals surface area contributed by atoms with Gasteiger partial charge in [0, 0.05) is 25.0 Å². The molecule has 0 amide bonds. The van der Waals surface area contributed by atoms with Gasteiger partial charge in [-0.05, 0) is 30.3 Å². The molecule has 0 aliphatic carbocycles. The van der Waals surface area contributed by atoms with Gasteiger partial charge in [0.15, 0.2) is 0 Å². The first kappa shape index (κ1) is 10.5. The van der Waals surface area contributed by atoms with Crippen LogP contribution in [0.5, 0.6) is 0 Å². The molecule has 3 aromatic rings. The maximum atomic E-state index is 8.90. The summed E-state index contributed by atoms with van der Waals surface area (Å²) in [5.41, 5.74) is 3.49. The van der Waals surface area contributed by atoms with E-state index < -0.39 is 0 Å². The molecule has 0 saturated carbocycles.